The van der Waals surface area contributed by atoms with E-state index in [1.54, 1.807) is 0 Å². The highest BCUT2D eigenvalue weighted by atomic mass is 16.5. The van der Waals surface area contributed by atoms with Crippen molar-refractivity contribution in [2.24, 2.45) is 0 Å². The zero-order valence-corrected chi connectivity index (χ0v) is 8.72. The third kappa shape index (κ3) is 3.02. The molecular weight excluding hydrogens is 190 g/mol. The number of benzene rings is 1. The largest absolute Gasteiger partial charge is 0.394 e. The highest BCUT2D eigenvalue weighted by Gasteiger charge is 2.19. The van der Waals surface area contributed by atoms with Crippen molar-refractivity contribution < 1.29 is 9.84 Å². The zero-order chi connectivity index (χ0) is 10.5. The fourth-order valence-corrected chi connectivity index (χ4v) is 1.82. The minimum Gasteiger partial charge on any atom is -0.394 e. The van der Waals surface area contributed by atoms with Crippen LogP contribution in [0.25, 0.3) is 0 Å². The number of ether oxygens (including phenoxy) is 1. The molecule has 1 radical (unpaired) electrons. The average molecular weight is 206 g/mol. The number of nitrogens with zero attached hydrogens (tertiary/aromatic N) is 1. The molecule has 1 unspecified atom stereocenters. The molecule has 3 heteroatoms. The molecule has 0 aromatic heterocycles. The Labute approximate surface area is 90.3 Å². The first-order valence-corrected chi connectivity index (χ1v) is 5.28. The summed E-state index contributed by atoms with van der Waals surface area (Å²) in [6.07, 6.45) is -0.0194. The van der Waals surface area contributed by atoms with Crippen molar-refractivity contribution in [2.45, 2.75) is 12.6 Å². The van der Waals surface area contributed by atoms with Crippen molar-refractivity contribution in [1.29, 1.82) is 0 Å². The first-order valence-electron chi connectivity index (χ1n) is 5.28. The predicted octanol–water partition coefficient (Wildman–Crippen LogP) is 0.680. The second-order valence-electron chi connectivity index (χ2n) is 3.82. The molecule has 1 aromatic carbocycles. The van der Waals surface area contributed by atoms with Gasteiger partial charge in [0.1, 0.15) is 0 Å². The van der Waals surface area contributed by atoms with Gasteiger partial charge in [0.2, 0.25) is 0 Å². The van der Waals surface area contributed by atoms with Crippen LogP contribution < -0.4 is 0 Å². The molecule has 0 amide bonds. The van der Waals surface area contributed by atoms with E-state index in [2.05, 4.69) is 23.1 Å². The Morgan fingerprint density at radius 1 is 1.47 bits per heavy atom. The molecule has 2 rings (SSSR count). The van der Waals surface area contributed by atoms with Gasteiger partial charge in [-0.1, -0.05) is 24.3 Å². The van der Waals surface area contributed by atoms with Gasteiger partial charge >= 0.3 is 0 Å². The molecule has 3 nitrogen and oxygen atoms in total. The molecule has 0 saturated carbocycles. The van der Waals surface area contributed by atoms with Crippen molar-refractivity contribution in [3.05, 3.63) is 35.9 Å². The highest BCUT2D eigenvalue weighted by Crippen LogP contribution is 2.09. The molecule has 1 aromatic rings. The summed E-state index contributed by atoms with van der Waals surface area (Å²) >= 11 is 0. The summed E-state index contributed by atoms with van der Waals surface area (Å²) in [5.74, 6) is 0. The molecule has 1 fully saturated rings. The molecule has 1 saturated heterocycles. The maximum Gasteiger partial charge on any atom is 0.0933 e. The Balaban J connectivity index is 1.89. The van der Waals surface area contributed by atoms with Gasteiger partial charge in [-0.15, -0.1) is 0 Å². The minimum atomic E-state index is -0.0194. The van der Waals surface area contributed by atoms with Crippen LogP contribution in [-0.2, 0) is 11.3 Å². The quantitative estimate of drug-likeness (QED) is 0.789. The third-order valence-electron chi connectivity index (χ3n) is 2.62. The maximum absolute atomic E-state index is 9.02. The standard InChI is InChI=1S/C12H16NO2/c14-10-12-9-13(6-7-15-12)8-11-4-2-1-3-5-11/h2-5,12,14H,6-10H2. The average Bonchev–Trinajstić information content (AvgIpc) is 2.31. The van der Waals surface area contributed by atoms with Crippen LogP contribution in [0.2, 0.25) is 0 Å². The lowest BCUT2D eigenvalue weighted by Gasteiger charge is -2.31. The molecule has 81 valence electrons. The Hall–Kier alpha value is -0.900. The van der Waals surface area contributed by atoms with E-state index in [-0.39, 0.29) is 12.7 Å². The molecule has 1 aliphatic heterocycles. The predicted molar refractivity (Wildman–Crippen MR) is 57.4 cm³/mol. The Bertz CT molecular complexity index is 289. The summed E-state index contributed by atoms with van der Waals surface area (Å²) in [7, 11) is 0. The lowest BCUT2D eigenvalue weighted by molar-refractivity contribution is -0.0551. The lowest BCUT2D eigenvalue weighted by atomic mass is 10.2. The first kappa shape index (κ1) is 10.6. The summed E-state index contributed by atoms with van der Waals surface area (Å²) in [5.41, 5.74) is 1.28. The first-order chi connectivity index (χ1) is 7.38. The number of hydrogen-bond donors (Lipinski definition) is 1. The van der Waals surface area contributed by atoms with Gasteiger partial charge in [-0.05, 0) is 11.6 Å². The van der Waals surface area contributed by atoms with Gasteiger partial charge in [0.25, 0.3) is 0 Å². The Kier molecular flexibility index (Phi) is 3.72. The molecule has 1 heterocycles. The van der Waals surface area contributed by atoms with E-state index < -0.39 is 0 Å². The highest BCUT2D eigenvalue weighted by molar-refractivity contribution is 5.13. The summed E-state index contributed by atoms with van der Waals surface area (Å²) in [5, 5.41) is 9.02. The van der Waals surface area contributed by atoms with E-state index in [1.165, 1.54) is 5.56 Å². The normalized spacial score (nSPS) is 22.9. The molecule has 15 heavy (non-hydrogen) atoms. The molecular formula is C12H16NO2. The van der Waals surface area contributed by atoms with Gasteiger partial charge in [-0.2, -0.15) is 0 Å². The van der Waals surface area contributed by atoms with E-state index in [4.69, 9.17) is 9.84 Å². The molecule has 0 spiro atoms. The number of morpholine rings is 1. The van der Waals surface area contributed by atoms with Gasteiger partial charge in [-0.25, -0.2) is 0 Å². The van der Waals surface area contributed by atoms with E-state index >= 15 is 0 Å². The Morgan fingerprint density at radius 3 is 3.00 bits per heavy atom. The van der Waals surface area contributed by atoms with Crippen molar-refractivity contribution in [1.82, 2.24) is 4.90 Å². The molecule has 0 aliphatic carbocycles. The van der Waals surface area contributed by atoms with Gasteiger partial charge in [0.15, 0.2) is 0 Å². The monoisotopic (exact) mass is 206 g/mol. The van der Waals surface area contributed by atoms with E-state index in [1.807, 2.05) is 12.1 Å². The number of rotatable bonds is 3. The topological polar surface area (TPSA) is 32.7 Å². The van der Waals surface area contributed by atoms with Crippen molar-refractivity contribution >= 4 is 0 Å². The number of aliphatic hydroxyl groups is 1. The fraction of sp³-hybridized carbons (Fsp3) is 0.500. The van der Waals surface area contributed by atoms with Crippen LogP contribution in [0, 0.1) is 6.07 Å². The maximum atomic E-state index is 9.02. The number of aliphatic hydroxyl groups excluding tert-OH is 1. The molecule has 1 N–H and O–H groups in total. The molecule has 0 bridgehead atoms. The van der Waals surface area contributed by atoms with Crippen molar-refractivity contribution in [3.8, 4) is 0 Å². The van der Waals surface area contributed by atoms with Gasteiger partial charge < -0.3 is 9.84 Å². The fourth-order valence-electron chi connectivity index (χ4n) is 1.82. The van der Waals surface area contributed by atoms with Gasteiger partial charge in [0, 0.05) is 19.6 Å². The molecule has 1 atom stereocenters. The van der Waals surface area contributed by atoms with Crippen LogP contribution in [0.3, 0.4) is 0 Å². The Morgan fingerprint density at radius 2 is 2.27 bits per heavy atom. The van der Waals surface area contributed by atoms with Crippen LogP contribution in [0.5, 0.6) is 0 Å². The van der Waals surface area contributed by atoms with E-state index in [9.17, 15) is 0 Å². The molecule has 1 aliphatic rings. The lowest BCUT2D eigenvalue weighted by Crippen LogP contribution is -2.43. The van der Waals surface area contributed by atoms with Crippen LogP contribution in [0.1, 0.15) is 5.56 Å². The van der Waals surface area contributed by atoms with Crippen LogP contribution >= 0.6 is 0 Å². The van der Waals surface area contributed by atoms with Gasteiger partial charge in [0.05, 0.1) is 19.3 Å². The van der Waals surface area contributed by atoms with Crippen LogP contribution in [0.4, 0.5) is 0 Å². The summed E-state index contributed by atoms with van der Waals surface area (Å²) in [6, 6.07) is 11.0. The second kappa shape index (κ2) is 5.26. The summed E-state index contributed by atoms with van der Waals surface area (Å²) in [6.45, 7) is 3.50. The van der Waals surface area contributed by atoms with Crippen LogP contribution in [0.15, 0.2) is 24.3 Å². The zero-order valence-electron chi connectivity index (χ0n) is 8.72. The van der Waals surface area contributed by atoms with Crippen LogP contribution in [-0.4, -0.2) is 42.4 Å². The minimum absolute atomic E-state index is 0.0194. The third-order valence-corrected chi connectivity index (χ3v) is 2.62. The van der Waals surface area contributed by atoms with E-state index in [0.29, 0.717) is 6.61 Å². The van der Waals surface area contributed by atoms with E-state index in [0.717, 1.165) is 19.6 Å². The smallest absolute Gasteiger partial charge is 0.0933 e. The van der Waals surface area contributed by atoms with Crippen molar-refractivity contribution in [3.63, 3.8) is 0 Å². The number of hydrogen-bond acceptors (Lipinski definition) is 3. The second-order valence-corrected chi connectivity index (χ2v) is 3.82. The van der Waals surface area contributed by atoms with Gasteiger partial charge in [-0.3, -0.25) is 4.90 Å². The van der Waals surface area contributed by atoms with Crippen molar-refractivity contribution in [2.75, 3.05) is 26.3 Å². The SMILES string of the molecule is OCC1CN(Cc2cc[c]cc2)CCO1. The summed E-state index contributed by atoms with van der Waals surface area (Å²) < 4.78 is 5.40. The summed E-state index contributed by atoms with van der Waals surface area (Å²) in [4.78, 5) is 2.31.